The van der Waals surface area contributed by atoms with E-state index in [1.165, 1.54) is 0 Å². The van der Waals surface area contributed by atoms with Crippen LogP contribution >= 0.6 is 0 Å². The van der Waals surface area contributed by atoms with Crippen LogP contribution in [0, 0.1) is 11.3 Å². The van der Waals surface area contributed by atoms with Gasteiger partial charge in [-0.05, 0) is 42.8 Å². The van der Waals surface area contributed by atoms with Crippen molar-refractivity contribution in [1.82, 2.24) is 0 Å². The van der Waals surface area contributed by atoms with E-state index in [9.17, 15) is 0 Å². The van der Waals surface area contributed by atoms with E-state index in [0.29, 0.717) is 12.2 Å². The summed E-state index contributed by atoms with van der Waals surface area (Å²) < 4.78 is 5.36. The van der Waals surface area contributed by atoms with Crippen molar-refractivity contribution in [1.29, 1.82) is 5.26 Å². The first-order chi connectivity index (χ1) is 10.3. The maximum Gasteiger partial charge on any atom is 0.143 e. The van der Waals surface area contributed by atoms with Gasteiger partial charge in [0, 0.05) is 5.56 Å². The zero-order valence-corrected chi connectivity index (χ0v) is 11.8. The van der Waals surface area contributed by atoms with Crippen molar-refractivity contribution in [2.45, 2.75) is 13.5 Å². The third-order valence-corrected chi connectivity index (χ3v) is 2.83. The highest BCUT2D eigenvalue weighted by Gasteiger charge is 2.00. The minimum absolute atomic E-state index is 0.275. The average Bonchev–Trinajstić information content (AvgIpc) is 2.54. The van der Waals surface area contributed by atoms with Gasteiger partial charge in [0.1, 0.15) is 12.4 Å². The molecule has 106 valence electrons. The summed E-state index contributed by atoms with van der Waals surface area (Å²) >= 11 is 0. The van der Waals surface area contributed by atoms with E-state index in [-0.39, 0.29) is 6.61 Å². The van der Waals surface area contributed by atoms with Gasteiger partial charge in [0.25, 0.3) is 0 Å². The van der Waals surface area contributed by atoms with Gasteiger partial charge >= 0.3 is 0 Å². The zero-order chi connectivity index (χ0) is 14.9. The summed E-state index contributed by atoms with van der Waals surface area (Å²) in [5.74, 6) is 0.832. The smallest absolute Gasteiger partial charge is 0.143 e. The van der Waals surface area contributed by atoms with Gasteiger partial charge in [0.05, 0.1) is 24.5 Å². The van der Waals surface area contributed by atoms with Crippen molar-refractivity contribution >= 4 is 6.21 Å². The lowest BCUT2D eigenvalue weighted by Crippen LogP contribution is -1.93. The van der Waals surface area contributed by atoms with E-state index in [4.69, 9.17) is 14.8 Å². The molecule has 2 rings (SSSR count). The molecule has 0 spiro atoms. The monoisotopic (exact) mass is 280 g/mol. The van der Waals surface area contributed by atoms with Crippen LogP contribution in [-0.2, 0) is 11.4 Å². The summed E-state index contributed by atoms with van der Waals surface area (Å²) in [6.07, 6.45) is 1.63. The Hall–Kier alpha value is -2.80. The predicted molar refractivity (Wildman–Crippen MR) is 81.2 cm³/mol. The van der Waals surface area contributed by atoms with Crippen molar-refractivity contribution in [3.05, 3.63) is 65.2 Å². The molecule has 0 fully saturated rings. The van der Waals surface area contributed by atoms with Crippen LogP contribution in [0.2, 0.25) is 0 Å². The number of nitrogens with zero attached hydrogens (tertiary/aromatic N) is 2. The maximum atomic E-state index is 8.97. The third kappa shape index (κ3) is 4.36. The molecule has 2 aromatic rings. The molecule has 0 aliphatic rings. The fourth-order valence-corrected chi connectivity index (χ4v) is 1.78. The maximum absolute atomic E-state index is 8.97. The third-order valence-electron chi connectivity index (χ3n) is 2.83. The summed E-state index contributed by atoms with van der Waals surface area (Å²) in [6, 6.07) is 17.0. The highest BCUT2D eigenvalue weighted by atomic mass is 16.6. The molecular formula is C17H16N2O2. The van der Waals surface area contributed by atoms with Crippen molar-refractivity contribution in [3.63, 3.8) is 0 Å². The lowest BCUT2D eigenvalue weighted by molar-refractivity contribution is 0.132. The van der Waals surface area contributed by atoms with Gasteiger partial charge < -0.3 is 9.57 Å². The Labute approximate surface area is 124 Å². The average molecular weight is 280 g/mol. The van der Waals surface area contributed by atoms with E-state index in [1.807, 2.05) is 49.4 Å². The van der Waals surface area contributed by atoms with Crippen LogP contribution in [0.1, 0.15) is 23.6 Å². The molecule has 0 saturated carbocycles. The summed E-state index contributed by atoms with van der Waals surface area (Å²) in [7, 11) is 0. The minimum atomic E-state index is 0.275. The van der Waals surface area contributed by atoms with Crippen molar-refractivity contribution in [3.8, 4) is 11.8 Å². The molecule has 0 atom stereocenters. The molecule has 0 aromatic heterocycles. The van der Waals surface area contributed by atoms with Crippen LogP contribution in [0.5, 0.6) is 5.75 Å². The number of ether oxygens (including phenoxy) is 1. The molecule has 0 aliphatic carbocycles. The van der Waals surface area contributed by atoms with Crippen LogP contribution in [0.3, 0.4) is 0 Å². The minimum Gasteiger partial charge on any atom is -0.494 e. The first-order valence-electron chi connectivity index (χ1n) is 6.69. The van der Waals surface area contributed by atoms with Crippen molar-refractivity contribution in [2.75, 3.05) is 6.61 Å². The molecule has 0 N–H and O–H groups in total. The Balaban J connectivity index is 1.89. The fraction of sp³-hybridized carbons (Fsp3) is 0.176. The van der Waals surface area contributed by atoms with Crippen LogP contribution in [0.4, 0.5) is 0 Å². The van der Waals surface area contributed by atoms with E-state index < -0.39 is 0 Å². The van der Waals surface area contributed by atoms with Crippen LogP contribution in [-0.4, -0.2) is 12.8 Å². The topological polar surface area (TPSA) is 54.6 Å². The number of rotatable bonds is 6. The van der Waals surface area contributed by atoms with Gasteiger partial charge in [0.15, 0.2) is 0 Å². The molecule has 0 unspecified atom stereocenters. The van der Waals surface area contributed by atoms with E-state index >= 15 is 0 Å². The molecular weight excluding hydrogens is 264 g/mol. The van der Waals surface area contributed by atoms with Crippen molar-refractivity contribution < 1.29 is 9.57 Å². The lowest BCUT2D eigenvalue weighted by Gasteiger charge is -2.03. The predicted octanol–water partition coefficient (Wildman–Crippen LogP) is 3.51. The van der Waals surface area contributed by atoms with Gasteiger partial charge in [-0.1, -0.05) is 23.4 Å². The molecule has 21 heavy (non-hydrogen) atoms. The summed E-state index contributed by atoms with van der Waals surface area (Å²) in [4.78, 5) is 5.23. The second kappa shape index (κ2) is 7.71. The summed E-state index contributed by atoms with van der Waals surface area (Å²) in [5, 5.41) is 12.9. The van der Waals surface area contributed by atoms with Gasteiger partial charge in [-0.15, -0.1) is 0 Å². The number of benzene rings is 2. The summed E-state index contributed by atoms with van der Waals surface area (Å²) in [5.41, 5.74) is 2.35. The van der Waals surface area contributed by atoms with Gasteiger partial charge in [0.2, 0.25) is 0 Å². The molecule has 4 nitrogen and oxygen atoms in total. The van der Waals surface area contributed by atoms with Crippen molar-refractivity contribution in [2.24, 2.45) is 5.16 Å². The molecule has 0 bridgehead atoms. The first kappa shape index (κ1) is 14.6. The highest BCUT2D eigenvalue weighted by Crippen LogP contribution is 2.11. The Kier molecular flexibility index (Phi) is 5.36. The number of hydrogen-bond donors (Lipinski definition) is 0. The van der Waals surface area contributed by atoms with E-state index in [1.54, 1.807) is 12.3 Å². The van der Waals surface area contributed by atoms with Gasteiger partial charge in [-0.25, -0.2) is 0 Å². The second-order valence-corrected chi connectivity index (χ2v) is 4.28. The molecule has 0 saturated heterocycles. The van der Waals surface area contributed by atoms with E-state index in [2.05, 4.69) is 11.2 Å². The lowest BCUT2D eigenvalue weighted by atomic mass is 10.1. The fourth-order valence-electron chi connectivity index (χ4n) is 1.78. The SMILES string of the molecule is CCOc1ccc(/C=N\OCc2ccccc2C#N)cc1. The molecule has 2 aromatic carbocycles. The first-order valence-corrected chi connectivity index (χ1v) is 6.69. The van der Waals surface area contributed by atoms with Gasteiger partial charge in [-0.3, -0.25) is 0 Å². The quantitative estimate of drug-likeness (QED) is 0.601. The Bertz CT molecular complexity index is 643. The van der Waals surface area contributed by atoms with Crippen LogP contribution in [0.15, 0.2) is 53.7 Å². The van der Waals surface area contributed by atoms with Gasteiger partial charge in [-0.2, -0.15) is 5.26 Å². The Morgan fingerprint density at radius 1 is 1.14 bits per heavy atom. The molecule has 0 aliphatic heterocycles. The number of hydrogen-bond acceptors (Lipinski definition) is 4. The largest absolute Gasteiger partial charge is 0.494 e. The molecule has 0 amide bonds. The summed E-state index contributed by atoms with van der Waals surface area (Å²) in [6.45, 7) is 2.87. The van der Waals surface area contributed by atoms with Crippen LogP contribution < -0.4 is 4.74 Å². The number of nitriles is 1. The molecule has 0 radical (unpaired) electrons. The number of oxime groups is 1. The molecule has 0 heterocycles. The molecule has 4 heteroatoms. The normalized spacial score (nSPS) is 10.3. The second-order valence-electron chi connectivity index (χ2n) is 4.28. The Morgan fingerprint density at radius 3 is 2.62 bits per heavy atom. The highest BCUT2D eigenvalue weighted by molar-refractivity contribution is 5.79. The standard InChI is InChI=1S/C17H16N2O2/c1-2-20-17-9-7-14(8-10-17)12-19-21-13-16-6-4-3-5-15(16)11-18/h3-10,12H,2,13H2,1H3/b19-12-. The Morgan fingerprint density at radius 2 is 1.90 bits per heavy atom. The van der Waals surface area contributed by atoms with Crippen LogP contribution in [0.25, 0.3) is 0 Å². The van der Waals surface area contributed by atoms with E-state index in [0.717, 1.165) is 16.9 Å². The zero-order valence-electron chi connectivity index (χ0n) is 11.8.